The minimum absolute atomic E-state index is 0.144. The summed E-state index contributed by atoms with van der Waals surface area (Å²) in [6.45, 7) is 0.528. The summed E-state index contributed by atoms with van der Waals surface area (Å²) < 4.78 is 6.64. The molecule has 126 valence electrons. The first-order valence-corrected chi connectivity index (χ1v) is 9.05. The molecular formula is C19H14ClNO3S. The number of aryl methyl sites for hydroxylation is 1. The van der Waals surface area contributed by atoms with Crippen LogP contribution in [0.1, 0.15) is 15.9 Å². The number of fused-ring (bicyclic) bond motifs is 3. The molecule has 0 saturated heterocycles. The second-order valence-corrected chi connectivity index (χ2v) is 7.10. The maximum atomic E-state index is 13.1. The lowest BCUT2D eigenvalue weighted by molar-refractivity contribution is 0.0600. The first kappa shape index (κ1) is 16.1. The first-order valence-electron chi connectivity index (χ1n) is 7.79. The number of rotatable bonds is 2. The number of carbonyl (C=O) groups is 1. The van der Waals surface area contributed by atoms with Crippen molar-refractivity contribution in [2.24, 2.45) is 0 Å². The number of thiophene rings is 1. The fourth-order valence-electron chi connectivity index (χ4n) is 3.24. The minimum atomic E-state index is -0.460. The molecule has 0 aliphatic carbocycles. The number of ether oxygens (including phenoxy) is 1. The average Bonchev–Trinajstić information content (AvgIpc) is 3.11. The summed E-state index contributed by atoms with van der Waals surface area (Å²) in [4.78, 5) is 26.5. The van der Waals surface area contributed by atoms with Crippen LogP contribution in [0.5, 0.6) is 0 Å². The van der Waals surface area contributed by atoms with Gasteiger partial charge in [-0.1, -0.05) is 29.8 Å². The number of esters is 1. The molecule has 1 aliphatic heterocycles. The van der Waals surface area contributed by atoms with E-state index in [1.165, 1.54) is 18.4 Å². The van der Waals surface area contributed by atoms with Crippen molar-refractivity contribution in [2.75, 3.05) is 7.11 Å². The van der Waals surface area contributed by atoms with Crippen LogP contribution in [0, 0.1) is 0 Å². The smallest absolute Gasteiger partial charge is 0.340 e. The number of pyridine rings is 1. The third kappa shape index (κ3) is 2.51. The molecule has 25 heavy (non-hydrogen) atoms. The Morgan fingerprint density at radius 1 is 1.24 bits per heavy atom. The van der Waals surface area contributed by atoms with Crippen molar-refractivity contribution in [1.82, 2.24) is 4.57 Å². The number of hydrogen-bond donors (Lipinski definition) is 0. The molecule has 6 heteroatoms. The van der Waals surface area contributed by atoms with E-state index in [2.05, 4.69) is 0 Å². The Morgan fingerprint density at radius 3 is 2.80 bits per heavy atom. The third-order valence-electron chi connectivity index (χ3n) is 4.43. The Labute approximate surface area is 153 Å². The molecule has 0 saturated carbocycles. The zero-order valence-corrected chi connectivity index (χ0v) is 15.0. The van der Waals surface area contributed by atoms with Gasteiger partial charge in [-0.2, -0.15) is 0 Å². The lowest BCUT2D eigenvalue weighted by Gasteiger charge is -2.22. The van der Waals surface area contributed by atoms with Crippen LogP contribution < -0.4 is 5.56 Å². The van der Waals surface area contributed by atoms with Crippen LogP contribution in [-0.4, -0.2) is 17.6 Å². The molecule has 0 radical (unpaired) electrons. The number of carbonyl (C=O) groups excluding carboxylic acids is 1. The number of aromatic nitrogens is 1. The summed E-state index contributed by atoms with van der Waals surface area (Å²) >= 11 is 7.81. The van der Waals surface area contributed by atoms with Crippen molar-refractivity contribution < 1.29 is 9.53 Å². The molecule has 1 aromatic carbocycles. The highest BCUT2D eigenvalue weighted by atomic mass is 35.5. The number of benzene rings is 1. The Bertz CT molecular complexity index is 1050. The normalized spacial score (nSPS) is 12.4. The van der Waals surface area contributed by atoms with Gasteiger partial charge in [-0.3, -0.25) is 4.79 Å². The molecule has 1 aliphatic rings. The van der Waals surface area contributed by atoms with Crippen LogP contribution in [0.3, 0.4) is 0 Å². The van der Waals surface area contributed by atoms with Gasteiger partial charge in [-0.15, -0.1) is 11.3 Å². The van der Waals surface area contributed by atoms with Gasteiger partial charge in [0.2, 0.25) is 0 Å². The summed E-state index contributed by atoms with van der Waals surface area (Å²) in [5.74, 6) is -0.460. The van der Waals surface area contributed by atoms with Crippen LogP contribution in [0.25, 0.3) is 21.7 Å². The number of hydrogen-bond acceptors (Lipinski definition) is 4. The number of methoxy groups -OCH3 is 1. The average molecular weight is 372 g/mol. The van der Waals surface area contributed by atoms with Gasteiger partial charge in [0.05, 0.1) is 23.2 Å². The molecular weight excluding hydrogens is 358 g/mol. The zero-order valence-electron chi connectivity index (χ0n) is 13.4. The van der Waals surface area contributed by atoms with E-state index in [9.17, 15) is 9.59 Å². The number of nitrogens with zero attached hydrogens (tertiary/aromatic N) is 1. The largest absolute Gasteiger partial charge is 0.465 e. The lowest BCUT2D eigenvalue weighted by Crippen LogP contribution is -2.29. The quantitative estimate of drug-likeness (QED) is 0.633. The van der Waals surface area contributed by atoms with Crippen molar-refractivity contribution in [3.63, 3.8) is 0 Å². The highest BCUT2D eigenvalue weighted by Crippen LogP contribution is 2.37. The molecule has 0 amide bonds. The lowest BCUT2D eigenvalue weighted by atomic mass is 9.98. The predicted molar refractivity (Wildman–Crippen MR) is 99.5 cm³/mol. The Morgan fingerprint density at radius 2 is 2.04 bits per heavy atom. The Hall–Kier alpha value is -2.37. The van der Waals surface area contributed by atoms with Gasteiger partial charge in [0.1, 0.15) is 0 Å². The summed E-state index contributed by atoms with van der Waals surface area (Å²) in [5.41, 5.74) is 3.07. The maximum absolute atomic E-state index is 13.1. The van der Waals surface area contributed by atoms with Crippen molar-refractivity contribution in [1.29, 1.82) is 0 Å². The van der Waals surface area contributed by atoms with E-state index in [1.54, 1.807) is 28.8 Å². The van der Waals surface area contributed by atoms with Crippen molar-refractivity contribution in [3.05, 3.63) is 68.3 Å². The maximum Gasteiger partial charge on any atom is 0.340 e. The summed E-state index contributed by atoms with van der Waals surface area (Å²) in [7, 11) is 1.35. The van der Waals surface area contributed by atoms with Gasteiger partial charge < -0.3 is 9.30 Å². The Balaban J connectivity index is 2.07. The SMILES string of the molecule is COC(=O)c1cc(-c2ccccc2Cl)c(=O)n2c1-c1sccc1CC2. The first-order chi connectivity index (χ1) is 12.1. The van der Waals surface area contributed by atoms with Gasteiger partial charge in [-0.25, -0.2) is 4.79 Å². The summed E-state index contributed by atoms with van der Waals surface area (Å²) in [5, 5.41) is 2.46. The minimum Gasteiger partial charge on any atom is -0.465 e. The van der Waals surface area contributed by atoms with E-state index in [0.29, 0.717) is 34.0 Å². The molecule has 4 rings (SSSR count). The summed E-state index contributed by atoms with van der Waals surface area (Å²) in [6.07, 6.45) is 0.762. The molecule has 3 heterocycles. The number of halogens is 1. The van der Waals surface area contributed by atoms with E-state index < -0.39 is 5.97 Å². The standard InChI is InChI=1S/C19H14ClNO3S/c1-24-19(23)14-10-13(12-4-2-3-5-15(12)20)18(22)21-8-6-11-7-9-25-17(11)16(14)21/h2-5,7,9-10H,6,8H2,1H3. The highest BCUT2D eigenvalue weighted by Gasteiger charge is 2.27. The van der Waals surface area contributed by atoms with Crippen molar-refractivity contribution in [2.45, 2.75) is 13.0 Å². The van der Waals surface area contributed by atoms with Gasteiger partial charge in [0.15, 0.2) is 0 Å². The highest BCUT2D eigenvalue weighted by molar-refractivity contribution is 7.13. The van der Waals surface area contributed by atoms with E-state index in [-0.39, 0.29) is 5.56 Å². The predicted octanol–water partition coefficient (Wildman–Crippen LogP) is 4.24. The van der Waals surface area contributed by atoms with Crippen LogP contribution in [0.15, 0.2) is 46.6 Å². The molecule has 0 spiro atoms. The summed E-state index contributed by atoms with van der Waals surface area (Å²) in [6, 6.07) is 10.8. The van der Waals surface area contributed by atoms with Crippen LogP contribution >= 0.6 is 22.9 Å². The van der Waals surface area contributed by atoms with Gasteiger partial charge in [0, 0.05) is 22.7 Å². The van der Waals surface area contributed by atoms with Gasteiger partial charge in [0.25, 0.3) is 5.56 Å². The van der Waals surface area contributed by atoms with E-state index in [1.807, 2.05) is 17.5 Å². The van der Waals surface area contributed by atoms with Crippen LogP contribution in [-0.2, 0) is 17.7 Å². The monoisotopic (exact) mass is 371 g/mol. The molecule has 2 aromatic heterocycles. The molecule has 0 atom stereocenters. The van der Waals surface area contributed by atoms with E-state index in [0.717, 1.165) is 16.9 Å². The second-order valence-electron chi connectivity index (χ2n) is 5.77. The molecule has 0 N–H and O–H groups in total. The van der Waals surface area contributed by atoms with Crippen molar-refractivity contribution in [3.8, 4) is 21.7 Å². The topological polar surface area (TPSA) is 48.3 Å². The van der Waals surface area contributed by atoms with Crippen LogP contribution in [0.2, 0.25) is 5.02 Å². The van der Waals surface area contributed by atoms with Crippen LogP contribution in [0.4, 0.5) is 0 Å². The molecule has 0 fully saturated rings. The molecule has 0 unspecified atom stereocenters. The van der Waals surface area contributed by atoms with Crippen molar-refractivity contribution >= 4 is 28.9 Å². The van der Waals surface area contributed by atoms with Gasteiger partial charge >= 0.3 is 5.97 Å². The molecule has 4 nitrogen and oxygen atoms in total. The Kier molecular flexibility index (Phi) is 3.98. The van der Waals surface area contributed by atoms with Gasteiger partial charge in [-0.05, 0) is 35.6 Å². The fraction of sp³-hybridized carbons (Fsp3) is 0.158. The molecule has 0 bridgehead atoms. The zero-order chi connectivity index (χ0) is 17.6. The molecule has 3 aromatic rings. The second kappa shape index (κ2) is 6.17. The van der Waals surface area contributed by atoms with E-state index in [4.69, 9.17) is 16.3 Å². The third-order valence-corrected chi connectivity index (χ3v) is 5.72. The van der Waals surface area contributed by atoms with E-state index >= 15 is 0 Å². The fourth-order valence-corrected chi connectivity index (χ4v) is 4.49.